The van der Waals surface area contributed by atoms with Crippen LogP contribution in [0.4, 0.5) is 5.69 Å². The number of carbonyl (C=O) groups is 1. The van der Waals surface area contributed by atoms with Crippen LogP contribution in [0.3, 0.4) is 0 Å². The van der Waals surface area contributed by atoms with Gasteiger partial charge in [-0.2, -0.15) is 0 Å². The third kappa shape index (κ3) is 6.60. The van der Waals surface area contributed by atoms with E-state index in [-0.39, 0.29) is 5.84 Å². The number of nitrogen functional groups attached to an aromatic ring is 1. The third-order valence-corrected chi connectivity index (χ3v) is 4.47. The van der Waals surface area contributed by atoms with Crippen molar-refractivity contribution < 1.29 is 9.53 Å². The normalized spacial score (nSPS) is 11.4. The van der Waals surface area contributed by atoms with Crippen molar-refractivity contribution in [3.63, 3.8) is 0 Å². The molecule has 6 nitrogen and oxygen atoms in total. The van der Waals surface area contributed by atoms with E-state index in [4.69, 9.17) is 21.3 Å². The van der Waals surface area contributed by atoms with E-state index in [1.165, 1.54) is 6.92 Å². The van der Waals surface area contributed by atoms with Crippen molar-refractivity contribution >= 4 is 29.3 Å². The average molecular weight is 393 g/mol. The molecule has 1 unspecified atom stereocenters. The molecule has 152 valence electrons. The lowest BCUT2D eigenvalue weighted by Crippen LogP contribution is -2.18. The first-order valence-electron chi connectivity index (χ1n) is 9.47. The van der Waals surface area contributed by atoms with Crippen LogP contribution in [-0.2, 0) is 16.0 Å². The van der Waals surface area contributed by atoms with E-state index in [1.54, 1.807) is 30.3 Å². The number of nitrogens with one attached hydrogen (secondary N) is 3. The maximum absolute atomic E-state index is 11.6. The molecule has 1 atom stereocenters. The van der Waals surface area contributed by atoms with E-state index < -0.39 is 12.2 Å². The van der Waals surface area contributed by atoms with Crippen molar-refractivity contribution in [2.24, 2.45) is 5.73 Å². The van der Waals surface area contributed by atoms with Gasteiger partial charge in [0.15, 0.2) is 6.23 Å². The number of anilines is 1. The Morgan fingerprint density at radius 2 is 1.90 bits per heavy atom. The molecule has 0 aliphatic carbocycles. The van der Waals surface area contributed by atoms with Gasteiger partial charge in [0.1, 0.15) is 5.84 Å². The summed E-state index contributed by atoms with van der Waals surface area (Å²) in [4.78, 5) is 11.6. The standard InChI is InChI=1S/C23H28N4O2/c1-4-17-14-20(9-8-18(17)7-5-6-15(2)24)23(29-16(3)28)27-21-12-10-19(11-13-21)22(25)26/h4,8-14,23-24,27H,1,5-7H2,2-3H3,(H3,25,26). The average Bonchev–Trinajstić information content (AvgIpc) is 2.67. The zero-order valence-electron chi connectivity index (χ0n) is 16.9. The molecule has 0 saturated heterocycles. The van der Waals surface area contributed by atoms with E-state index in [0.29, 0.717) is 11.3 Å². The minimum Gasteiger partial charge on any atom is -0.438 e. The highest BCUT2D eigenvalue weighted by molar-refractivity contribution is 5.95. The zero-order chi connectivity index (χ0) is 21.4. The molecule has 0 aliphatic rings. The molecule has 0 spiro atoms. The summed E-state index contributed by atoms with van der Waals surface area (Å²) < 4.78 is 5.49. The number of amidine groups is 1. The molecule has 29 heavy (non-hydrogen) atoms. The fraction of sp³-hybridized carbons (Fsp3) is 0.261. The SMILES string of the molecule is C=Cc1cc(C(Nc2ccc(C(=N)N)cc2)OC(C)=O)ccc1CCCC(C)=N. The van der Waals surface area contributed by atoms with Gasteiger partial charge in [-0.15, -0.1) is 0 Å². The first kappa shape index (κ1) is 21.9. The fourth-order valence-corrected chi connectivity index (χ4v) is 2.98. The Bertz CT molecular complexity index is 904. The van der Waals surface area contributed by atoms with Crippen molar-refractivity contribution in [1.82, 2.24) is 0 Å². The number of nitrogens with two attached hydrogens (primary N) is 1. The van der Waals surface area contributed by atoms with E-state index >= 15 is 0 Å². The number of ether oxygens (including phenoxy) is 1. The van der Waals surface area contributed by atoms with Gasteiger partial charge in [-0.3, -0.25) is 10.2 Å². The second-order valence-corrected chi connectivity index (χ2v) is 6.92. The number of rotatable bonds is 10. The Labute approximate surface area is 171 Å². The molecule has 0 aliphatic heterocycles. The summed E-state index contributed by atoms with van der Waals surface area (Å²) in [7, 11) is 0. The Kier molecular flexibility index (Phi) is 7.71. The van der Waals surface area contributed by atoms with Crippen LogP contribution in [0.15, 0.2) is 49.0 Å². The molecule has 5 N–H and O–H groups in total. The summed E-state index contributed by atoms with van der Waals surface area (Å²) in [5.41, 5.74) is 10.5. The highest BCUT2D eigenvalue weighted by Gasteiger charge is 2.16. The predicted molar refractivity (Wildman–Crippen MR) is 118 cm³/mol. The molecule has 0 aromatic heterocycles. The number of esters is 1. The highest BCUT2D eigenvalue weighted by atomic mass is 16.6. The largest absolute Gasteiger partial charge is 0.438 e. The first-order valence-corrected chi connectivity index (χ1v) is 9.47. The van der Waals surface area contributed by atoms with Crippen LogP contribution >= 0.6 is 0 Å². The molecular weight excluding hydrogens is 364 g/mol. The van der Waals surface area contributed by atoms with E-state index in [2.05, 4.69) is 11.9 Å². The van der Waals surface area contributed by atoms with Crippen LogP contribution in [0.5, 0.6) is 0 Å². The molecule has 0 fully saturated rings. The van der Waals surface area contributed by atoms with Gasteiger partial charge >= 0.3 is 5.97 Å². The quantitative estimate of drug-likeness (QED) is 0.204. The molecule has 2 rings (SSSR count). The minimum atomic E-state index is -0.660. The molecule has 0 heterocycles. The minimum absolute atomic E-state index is 0.00231. The molecule has 2 aromatic carbocycles. The van der Waals surface area contributed by atoms with Gasteiger partial charge in [-0.05, 0) is 67.6 Å². The van der Waals surface area contributed by atoms with Crippen LogP contribution in [-0.4, -0.2) is 17.5 Å². The Balaban J connectivity index is 2.24. The Morgan fingerprint density at radius 3 is 2.45 bits per heavy atom. The molecule has 2 aromatic rings. The summed E-state index contributed by atoms with van der Waals surface area (Å²) in [6.45, 7) is 7.09. The van der Waals surface area contributed by atoms with Crippen molar-refractivity contribution in [2.75, 3.05) is 5.32 Å². The summed E-state index contributed by atoms with van der Waals surface area (Å²) in [6.07, 6.45) is 3.67. The van der Waals surface area contributed by atoms with Crippen molar-refractivity contribution in [3.8, 4) is 0 Å². The van der Waals surface area contributed by atoms with E-state index in [9.17, 15) is 4.79 Å². The molecular formula is C23H28N4O2. The molecule has 0 bridgehead atoms. The lowest BCUT2D eigenvalue weighted by atomic mass is 9.98. The van der Waals surface area contributed by atoms with Crippen molar-refractivity contribution in [1.29, 1.82) is 10.8 Å². The van der Waals surface area contributed by atoms with Gasteiger partial charge in [0.25, 0.3) is 0 Å². The number of hydrogen-bond donors (Lipinski definition) is 4. The predicted octanol–water partition coefficient (Wildman–Crippen LogP) is 4.65. The number of aryl methyl sites for hydroxylation is 1. The number of hydrogen-bond acceptors (Lipinski definition) is 5. The van der Waals surface area contributed by atoms with Gasteiger partial charge in [0.05, 0.1) is 0 Å². The van der Waals surface area contributed by atoms with Crippen LogP contribution in [0, 0.1) is 10.8 Å². The Hall–Kier alpha value is -3.41. The molecule has 0 saturated carbocycles. The van der Waals surface area contributed by atoms with Crippen molar-refractivity contribution in [3.05, 3.63) is 71.3 Å². The summed E-state index contributed by atoms with van der Waals surface area (Å²) in [6, 6.07) is 13.0. The van der Waals surface area contributed by atoms with Gasteiger partial charge in [0.2, 0.25) is 0 Å². The van der Waals surface area contributed by atoms with Gasteiger partial charge in [-0.1, -0.05) is 24.8 Å². The second kappa shape index (κ2) is 10.2. The van der Waals surface area contributed by atoms with Crippen LogP contribution in [0.1, 0.15) is 55.2 Å². The summed E-state index contributed by atoms with van der Waals surface area (Å²) in [5, 5.41) is 18.2. The highest BCUT2D eigenvalue weighted by Crippen LogP contribution is 2.25. The third-order valence-electron chi connectivity index (χ3n) is 4.47. The summed E-state index contributed by atoms with van der Waals surface area (Å²) >= 11 is 0. The number of benzene rings is 2. The topological polar surface area (TPSA) is 112 Å². The van der Waals surface area contributed by atoms with Crippen LogP contribution < -0.4 is 11.1 Å². The van der Waals surface area contributed by atoms with Crippen LogP contribution in [0.2, 0.25) is 0 Å². The van der Waals surface area contributed by atoms with Gasteiger partial charge in [0, 0.05) is 29.4 Å². The Morgan fingerprint density at radius 1 is 1.21 bits per heavy atom. The first-order chi connectivity index (χ1) is 13.8. The lowest BCUT2D eigenvalue weighted by Gasteiger charge is -2.21. The summed E-state index contributed by atoms with van der Waals surface area (Å²) in [5.74, 6) is -0.397. The fourth-order valence-electron chi connectivity index (χ4n) is 2.98. The molecule has 0 radical (unpaired) electrons. The molecule has 6 heteroatoms. The molecule has 0 amide bonds. The monoisotopic (exact) mass is 392 g/mol. The number of carbonyl (C=O) groups excluding carboxylic acids is 1. The van der Waals surface area contributed by atoms with E-state index in [0.717, 1.165) is 41.6 Å². The smallest absolute Gasteiger partial charge is 0.304 e. The zero-order valence-corrected chi connectivity index (χ0v) is 16.9. The lowest BCUT2D eigenvalue weighted by molar-refractivity contribution is -0.145. The maximum Gasteiger partial charge on any atom is 0.304 e. The second-order valence-electron chi connectivity index (χ2n) is 6.92. The maximum atomic E-state index is 11.6. The van der Waals surface area contributed by atoms with Crippen molar-refractivity contribution in [2.45, 2.75) is 39.3 Å². The van der Waals surface area contributed by atoms with Crippen LogP contribution in [0.25, 0.3) is 6.08 Å². The van der Waals surface area contributed by atoms with Gasteiger partial charge < -0.3 is 21.2 Å². The van der Waals surface area contributed by atoms with E-state index in [1.807, 2.05) is 25.1 Å². The van der Waals surface area contributed by atoms with Gasteiger partial charge in [-0.25, -0.2) is 0 Å².